The fourth-order valence-corrected chi connectivity index (χ4v) is 1.38. The van der Waals surface area contributed by atoms with Gasteiger partial charge in [-0.05, 0) is 19.1 Å². The number of H-pyrrole nitrogens is 2. The Balaban J connectivity index is 2.19. The molecule has 3 N–H and O–H groups in total. The van der Waals surface area contributed by atoms with Crippen LogP contribution in [0, 0.1) is 0 Å². The number of carbonyl (C=O) groups is 2. The van der Waals surface area contributed by atoms with Crippen LogP contribution >= 0.6 is 0 Å². The van der Waals surface area contributed by atoms with Gasteiger partial charge in [0.2, 0.25) is 5.82 Å². The highest BCUT2D eigenvalue weighted by molar-refractivity contribution is 6.02. The summed E-state index contributed by atoms with van der Waals surface area (Å²) in [4.78, 5) is 35.9. The third-order valence-corrected chi connectivity index (χ3v) is 2.24. The van der Waals surface area contributed by atoms with Gasteiger partial charge in [-0.2, -0.15) is 0 Å². The van der Waals surface area contributed by atoms with Crippen LogP contribution in [0.3, 0.4) is 0 Å². The quantitative estimate of drug-likeness (QED) is 0.687. The number of ketones is 1. The lowest BCUT2D eigenvalue weighted by Crippen LogP contribution is -2.15. The first kappa shape index (κ1) is 11.8. The minimum atomic E-state index is -0.561. The molecule has 0 aliphatic rings. The number of rotatable bonds is 3. The molecule has 0 saturated carbocycles. The first-order chi connectivity index (χ1) is 8.56. The minimum Gasteiger partial charge on any atom is -0.319 e. The molecule has 0 spiro atoms. The van der Waals surface area contributed by atoms with E-state index in [2.05, 4.69) is 20.5 Å². The summed E-state index contributed by atoms with van der Waals surface area (Å²) in [5.74, 6) is -0.776. The standard InChI is InChI=1S/C11H10N4O3/c1-6(16)7-3-2-4-8(5-7)12-10(17)9-13-11(18)15-14-9/h2-5H,1H3,(H,12,17)(H2,13,14,15,18). The maximum Gasteiger partial charge on any atom is 0.341 e. The minimum absolute atomic E-state index is 0.0979. The molecule has 1 aromatic carbocycles. The highest BCUT2D eigenvalue weighted by Gasteiger charge is 2.10. The third-order valence-electron chi connectivity index (χ3n) is 2.24. The van der Waals surface area contributed by atoms with Crippen molar-refractivity contribution in [2.24, 2.45) is 0 Å². The van der Waals surface area contributed by atoms with Gasteiger partial charge >= 0.3 is 5.69 Å². The molecule has 1 amide bonds. The van der Waals surface area contributed by atoms with Crippen LogP contribution in [-0.2, 0) is 0 Å². The molecule has 0 atom stereocenters. The number of aromatic amines is 2. The Hall–Kier alpha value is -2.70. The molecule has 2 rings (SSSR count). The van der Waals surface area contributed by atoms with Crippen LogP contribution in [0.15, 0.2) is 29.1 Å². The van der Waals surface area contributed by atoms with Crippen LogP contribution in [0.2, 0.25) is 0 Å². The summed E-state index contributed by atoms with van der Waals surface area (Å²) in [7, 11) is 0. The molecule has 1 heterocycles. The highest BCUT2D eigenvalue weighted by atomic mass is 16.2. The predicted molar refractivity (Wildman–Crippen MR) is 63.6 cm³/mol. The van der Waals surface area contributed by atoms with Crippen molar-refractivity contribution < 1.29 is 9.59 Å². The van der Waals surface area contributed by atoms with E-state index in [9.17, 15) is 14.4 Å². The second kappa shape index (κ2) is 4.66. The lowest BCUT2D eigenvalue weighted by atomic mass is 10.1. The van der Waals surface area contributed by atoms with Crippen LogP contribution < -0.4 is 11.0 Å². The van der Waals surface area contributed by atoms with Gasteiger partial charge < -0.3 is 5.32 Å². The Kier molecular flexibility index (Phi) is 3.05. The van der Waals surface area contributed by atoms with E-state index in [0.29, 0.717) is 11.3 Å². The van der Waals surface area contributed by atoms with Crippen molar-refractivity contribution in [1.29, 1.82) is 0 Å². The molecule has 1 aromatic heterocycles. The SMILES string of the molecule is CC(=O)c1cccc(NC(=O)c2n[nH]c(=O)[nH]2)c1. The summed E-state index contributed by atoms with van der Waals surface area (Å²) >= 11 is 0. The maximum absolute atomic E-state index is 11.7. The summed E-state index contributed by atoms with van der Waals surface area (Å²) in [6.07, 6.45) is 0. The summed E-state index contributed by atoms with van der Waals surface area (Å²) < 4.78 is 0. The second-order valence-electron chi connectivity index (χ2n) is 3.62. The first-order valence-corrected chi connectivity index (χ1v) is 5.13. The average Bonchev–Trinajstić information content (AvgIpc) is 2.76. The molecule has 0 aliphatic heterocycles. The third kappa shape index (κ3) is 2.51. The number of benzene rings is 1. The molecule has 0 aliphatic carbocycles. The number of hydrogen-bond donors (Lipinski definition) is 3. The number of aromatic nitrogens is 3. The van der Waals surface area contributed by atoms with Crippen molar-refractivity contribution in [3.05, 3.63) is 46.1 Å². The van der Waals surface area contributed by atoms with Crippen molar-refractivity contribution in [2.75, 3.05) is 5.32 Å². The number of carbonyl (C=O) groups excluding carboxylic acids is 2. The number of hydrogen-bond acceptors (Lipinski definition) is 4. The normalized spacial score (nSPS) is 10.1. The molecule has 7 nitrogen and oxygen atoms in total. The fourth-order valence-electron chi connectivity index (χ4n) is 1.38. The molecule has 7 heteroatoms. The largest absolute Gasteiger partial charge is 0.341 e. The average molecular weight is 246 g/mol. The molecule has 0 unspecified atom stereocenters. The van der Waals surface area contributed by atoms with Gasteiger partial charge in [0.15, 0.2) is 5.78 Å². The number of Topliss-reactive ketones (excluding diaryl/α,β-unsaturated/α-hetero) is 1. The zero-order chi connectivity index (χ0) is 13.1. The molecule has 0 radical (unpaired) electrons. The fraction of sp³-hybridized carbons (Fsp3) is 0.0909. The van der Waals surface area contributed by atoms with Gasteiger partial charge in [0, 0.05) is 11.3 Å². The summed E-state index contributed by atoms with van der Waals surface area (Å²) in [5.41, 5.74) is 0.387. The Labute approximate surface area is 101 Å². The number of amides is 1. The molecule has 0 fully saturated rings. The highest BCUT2D eigenvalue weighted by Crippen LogP contribution is 2.11. The van der Waals surface area contributed by atoms with E-state index in [4.69, 9.17) is 0 Å². The molecule has 0 saturated heterocycles. The van der Waals surface area contributed by atoms with Gasteiger partial charge in [-0.3, -0.25) is 14.6 Å². The van der Waals surface area contributed by atoms with Crippen LogP contribution in [0.5, 0.6) is 0 Å². The number of nitrogens with zero attached hydrogens (tertiary/aromatic N) is 1. The van der Waals surface area contributed by atoms with E-state index < -0.39 is 11.6 Å². The van der Waals surface area contributed by atoms with Crippen LogP contribution in [0.4, 0.5) is 5.69 Å². The Morgan fingerprint density at radius 3 is 2.72 bits per heavy atom. The maximum atomic E-state index is 11.7. The van der Waals surface area contributed by atoms with Crippen molar-refractivity contribution >= 4 is 17.4 Å². The zero-order valence-electron chi connectivity index (χ0n) is 9.48. The Bertz CT molecular complexity index is 656. The summed E-state index contributed by atoms with van der Waals surface area (Å²) in [6, 6.07) is 6.48. The molecule has 0 bridgehead atoms. The van der Waals surface area contributed by atoms with Gasteiger partial charge in [-0.25, -0.2) is 9.89 Å². The van der Waals surface area contributed by atoms with Crippen molar-refractivity contribution in [2.45, 2.75) is 6.92 Å². The van der Waals surface area contributed by atoms with Gasteiger partial charge in [0.05, 0.1) is 0 Å². The van der Waals surface area contributed by atoms with Crippen molar-refractivity contribution in [3.63, 3.8) is 0 Å². The van der Waals surface area contributed by atoms with Crippen LogP contribution in [0.25, 0.3) is 0 Å². The Morgan fingerprint density at radius 2 is 2.11 bits per heavy atom. The van der Waals surface area contributed by atoms with E-state index in [0.717, 1.165) is 0 Å². The van der Waals surface area contributed by atoms with Gasteiger partial charge in [0.1, 0.15) is 0 Å². The van der Waals surface area contributed by atoms with Crippen molar-refractivity contribution in [1.82, 2.24) is 15.2 Å². The summed E-state index contributed by atoms with van der Waals surface area (Å²) in [5, 5.41) is 8.11. The number of nitrogens with one attached hydrogen (secondary N) is 3. The summed E-state index contributed by atoms with van der Waals surface area (Å²) in [6.45, 7) is 1.44. The molecule has 92 valence electrons. The van der Waals surface area contributed by atoms with E-state index in [1.165, 1.54) is 6.92 Å². The lowest BCUT2D eigenvalue weighted by Gasteiger charge is -2.03. The van der Waals surface area contributed by atoms with Gasteiger partial charge in [-0.1, -0.05) is 12.1 Å². The van der Waals surface area contributed by atoms with E-state index >= 15 is 0 Å². The number of anilines is 1. The smallest absolute Gasteiger partial charge is 0.319 e. The Morgan fingerprint density at radius 1 is 1.33 bits per heavy atom. The van der Waals surface area contributed by atoms with Crippen molar-refractivity contribution in [3.8, 4) is 0 Å². The molecule has 18 heavy (non-hydrogen) atoms. The van der Waals surface area contributed by atoms with E-state index in [1.807, 2.05) is 0 Å². The second-order valence-corrected chi connectivity index (χ2v) is 3.62. The first-order valence-electron chi connectivity index (χ1n) is 5.13. The topological polar surface area (TPSA) is 108 Å². The monoisotopic (exact) mass is 246 g/mol. The predicted octanol–water partition coefficient (Wildman–Crippen LogP) is 0.553. The van der Waals surface area contributed by atoms with Gasteiger partial charge in [-0.15, -0.1) is 5.10 Å². The van der Waals surface area contributed by atoms with Crippen LogP contribution in [0.1, 0.15) is 27.9 Å². The van der Waals surface area contributed by atoms with E-state index in [-0.39, 0.29) is 11.6 Å². The van der Waals surface area contributed by atoms with E-state index in [1.54, 1.807) is 24.3 Å². The molecular formula is C11H10N4O3. The van der Waals surface area contributed by atoms with Crippen LogP contribution in [-0.4, -0.2) is 26.9 Å². The zero-order valence-corrected chi connectivity index (χ0v) is 9.48. The molecular weight excluding hydrogens is 236 g/mol. The lowest BCUT2D eigenvalue weighted by molar-refractivity contribution is 0.100. The van der Waals surface area contributed by atoms with Gasteiger partial charge in [0.25, 0.3) is 5.91 Å². The molecule has 2 aromatic rings.